The predicted molar refractivity (Wildman–Crippen MR) is 72.3 cm³/mol. The number of fused-ring (bicyclic) bond motifs is 1. The van der Waals surface area contributed by atoms with E-state index in [4.69, 9.17) is 0 Å². The summed E-state index contributed by atoms with van der Waals surface area (Å²) in [7, 11) is -3.31. The lowest BCUT2D eigenvalue weighted by atomic mass is 10.0. The summed E-state index contributed by atoms with van der Waals surface area (Å²) in [5.74, 6) is 0.482. The van der Waals surface area contributed by atoms with Crippen molar-refractivity contribution in [2.45, 2.75) is 36.6 Å². The van der Waals surface area contributed by atoms with Gasteiger partial charge in [-0.15, -0.1) is 11.3 Å². The minimum absolute atomic E-state index is 0.120. The topological polar surface area (TPSA) is 49.4 Å². The molecule has 0 aromatic carbocycles. The number of nitrogens with zero attached hydrogens (tertiary/aromatic N) is 1. The van der Waals surface area contributed by atoms with Gasteiger partial charge in [-0.2, -0.15) is 4.31 Å². The molecule has 2 saturated heterocycles. The monoisotopic (exact) mass is 286 g/mol. The number of rotatable bonds is 2. The first kappa shape index (κ1) is 12.6. The van der Waals surface area contributed by atoms with Gasteiger partial charge < -0.3 is 5.32 Å². The fraction of sp³-hybridized carbons (Fsp3) is 0.667. The number of thiophene rings is 1. The zero-order valence-electron chi connectivity index (χ0n) is 10.6. The third-order valence-corrected chi connectivity index (χ3v) is 7.46. The molecule has 18 heavy (non-hydrogen) atoms. The van der Waals surface area contributed by atoms with Crippen LogP contribution in [0.25, 0.3) is 0 Å². The standard InChI is InChI=1S/C12H18N2O2S2/c1-8-5-10-6-13-7-11(10)14(8)18(15,16)12-4-3-9(2)17-12/h3-4,8,10-11,13H,5-7H2,1-2H3. The van der Waals surface area contributed by atoms with Crippen molar-refractivity contribution in [3.05, 3.63) is 17.0 Å². The molecular formula is C12H18N2O2S2. The zero-order valence-corrected chi connectivity index (χ0v) is 12.2. The predicted octanol–water partition coefficient (Wildman–Crippen LogP) is 1.43. The molecule has 0 spiro atoms. The maximum absolute atomic E-state index is 12.7. The lowest BCUT2D eigenvalue weighted by molar-refractivity contribution is 0.336. The van der Waals surface area contributed by atoms with Gasteiger partial charge in [-0.25, -0.2) is 8.42 Å². The Labute approximate surface area is 112 Å². The molecule has 0 bridgehead atoms. The lowest BCUT2D eigenvalue weighted by Crippen LogP contribution is -2.42. The summed E-state index contributed by atoms with van der Waals surface area (Å²) in [4.78, 5) is 1.04. The molecule has 4 nitrogen and oxygen atoms in total. The Morgan fingerprint density at radius 2 is 2.17 bits per heavy atom. The average molecular weight is 286 g/mol. The summed E-state index contributed by atoms with van der Waals surface area (Å²) in [5, 5.41) is 3.30. The SMILES string of the molecule is Cc1ccc(S(=O)(=O)N2C(C)CC3CNCC32)s1. The molecule has 3 atom stereocenters. The summed E-state index contributed by atoms with van der Waals surface area (Å²) >= 11 is 1.37. The van der Waals surface area contributed by atoms with Gasteiger partial charge in [0, 0.05) is 23.5 Å². The van der Waals surface area contributed by atoms with Gasteiger partial charge in [-0.1, -0.05) is 0 Å². The van der Waals surface area contributed by atoms with Crippen molar-refractivity contribution in [2.75, 3.05) is 13.1 Å². The first-order chi connectivity index (χ1) is 8.50. The highest BCUT2D eigenvalue weighted by Gasteiger charge is 2.48. The van der Waals surface area contributed by atoms with Crippen molar-refractivity contribution in [1.82, 2.24) is 9.62 Å². The third kappa shape index (κ3) is 1.82. The number of hydrogen-bond donors (Lipinski definition) is 1. The molecule has 2 aliphatic rings. The first-order valence-electron chi connectivity index (χ1n) is 6.31. The Balaban J connectivity index is 1.98. The van der Waals surface area contributed by atoms with Crippen LogP contribution in [0.5, 0.6) is 0 Å². The summed E-state index contributed by atoms with van der Waals surface area (Å²) in [5.41, 5.74) is 0. The Kier molecular flexibility index (Phi) is 3.01. The second-order valence-corrected chi connectivity index (χ2v) is 8.63. The molecule has 0 saturated carbocycles. The number of sulfonamides is 1. The van der Waals surface area contributed by atoms with Gasteiger partial charge >= 0.3 is 0 Å². The highest BCUT2D eigenvalue weighted by molar-refractivity contribution is 7.91. The molecule has 0 amide bonds. The molecule has 0 aliphatic carbocycles. The molecule has 2 aliphatic heterocycles. The molecule has 2 fully saturated rings. The molecular weight excluding hydrogens is 268 g/mol. The maximum Gasteiger partial charge on any atom is 0.253 e. The summed E-state index contributed by atoms with van der Waals surface area (Å²) < 4.78 is 27.6. The highest BCUT2D eigenvalue weighted by atomic mass is 32.2. The van der Waals surface area contributed by atoms with Crippen LogP contribution in [0.4, 0.5) is 0 Å². The van der Waals surface area contributed by atoms with Crippen molar-refractivity contribution in [3.63, 3.8) is 0 Å². The fourth-order valence-corrected chi connectivity index (χ4v) is 6.47. The van der Waals surface area contributed by atoms with Crippen molar-refractivity contribution in [2.24, 2.45) is 5.92 Å². The van der Waals surface area contributed by atoms with Gasteiger partial charge in [0.05, 0.1) is 0 Å². The van der Waals surface area contributed by atoms with E-state index in [2.05, 4.69) is 5.32 Å². The average Bonchev–Trinajstić information content (AvgIpc) is 2.92. The van der Waals surface area contributed by atoms with Crippen LogP contribution in [0.2, 0.25) is 0 Å². The minimum atomic E-state index is -3.31. The Morgan fingerprint density at radius 1 is 1.39 bits per heavy atom. The number of nitrogens with one attached hydrogen (secondary N) is 1. The second-order valence-electron chi connectivity index (χ2n) is 5.27. The van der Waals surface area contributed by atoms with E-state index >= 15 is 0 Å². The van der Waals surface area contributed by atoms with Crippen molar-refractivity contribution < 1.29 is 8.42 Å². The van der Waals surface area contributed by atoms with E-state index < -0.39 is 10.0 Å². The van der Waals surface area contributed by atoms with Crippen LogP contribution in [-0.4, -0.2) is 37.9 Å². The number of hydrogen-bond acceptors (Lipinski definition) is 4. The Bertz CT molecular complexity index is 552. The van der Waals surface area contributed by atoms with Crippen LogP contribution in [-0.2, 0) is 10.0 Å². The summed E-state index contributed by atoms with van der Waals surface area (Å²) in [6.45, 7) is 5.70. The molecule has 3 unspecified atom stereocenters. The van der Waals surface area contributed by atoms with Crippen LogP contribution in [0.15, 0.2) is 16.3 Å². The smallest absolute Gasteiger partial charge is 0.253 e. The zero-order chi connectivity index (χ0) is 12.9. The summed E-state index contributed by atoms with van der Waals surface area (Å²) in [6, 6.07) is 3.88. The van der Waals surface area contributed by atoms with E-state index in [-0.39, 0.29) is 12.1 Å². The van der Waals surface area contributed by atoms with Gasteiger partial charge in [0.15, 0.2) is 0 Å². The minimum Gasteiger partial charge on any atom is -0.315 e. The maximum atomic E-state index is 12.7. The fourth-order valence-electron chi connectivity index (χ4n) is 3.20. The molecule has 1 aromatic rings. The normalized spacial score (nSPS) is 32.9. The summed E-state index contributed by atoms with van der Waals surface area (Å²) in [6.07, 6.45) is 0.973. The number of aryl methyl sites for hydroxylation is 1. The first-order valence-corrected chi connectivity index (χ1v) is 8.56. The van der Waals surface area contributed by atoms with E-state index in [9.17, 15) is 8.42 Å². The highest BCUT2D eigenvalue weighted by Crippen LogP contribution is 2.38. The molecule has 1 N–H and O–H groups in total. The van der Waals surface area contributed by atoms with Crippen LogP contribution >= 0.6 is 11.3 Å². The molecule has 0 radical (unpaired) electrons. The van der Waals surface area contributed by atoms with E-state index in [0.717, 1.165) is 24.4 Å². The van der Waals surface area contributed by atoms with E-state index in [1.807, 2.05) is 19.9 Å². The van der Waals surface area contributed by atoms with Gasteiger partial charge in [0.1, 0.15) is 4.21 Å². The molecule has 3 heterocycles. The van der Waals surface area contributed by atoms with Crippen LogP contribution in [0.3, 0.4) is 0 Å². The van der Waals surface area contributed by atoms with Crippen molar-refractivity contribution >= 4 is 21.4 Å². The van der Waals surface area contributed by atoms with Gasteiger partial charge in [0.2, 0.25) is 0 Å². The molecule has 6 heteroatoms. The largest absolute Gasteiger partial charge is 0.315 e. The Hall–Kier alpha value is -0.430. The van der Waals surface area contributed by atoms with E-state index in [1.165, 1.54) is 11.3 Å². The molecule has 100 valence electrons. The van der Waals surface area contributed by atoms with E-state index in [0.29, 0.717) is 10.1 Å². The van der Waals surface area contributed by atoms with Gasteiger partial charge in [-0.05, 0) is 44.9 Å². The van der Waals surface area contributed by atoms with Crippen molar-refractivity contribution in [1.29, 1.82) is 0 Å². The van der Waals surface area contributed by atoms with E-state index in [1.54, 1.807) is 10.4 Å². The third-order valence-electron chi connectivity index (χ3n) is 3.96. The molecule has 1 aromatic heterocycles. The van der Waals surface area contributed by atoms with Crippen LogP contribution in [0, 0.1) is 12.8 Å². The van der Waals surface area contributed by atoms with Gasteiger partial charge in [-0.3, -0.25) is 0 Å². The quantitative estimate of drug-likeness (QED) is 0.895. The molecule has 3 rings (SSSR count). The van der Waals surface area contributed by atoms with Gasteiger partial charge in [0.25, 0.3) is 10.0 Å². The Morgan fingerprint density at radius 3 is 2.83 bits per heavy atom. The van der Waals surface area contributed by atoms with Crippen LogP contribution in [0.1, 0.15) is 18.2 Å². The lowest BCUT2D eigenvalue weighted by Gasteiger charge is -2.25. The second kappa shape index (κ2) is 4.30. The van der Waals surface area contributed by atoms with Crippen molar-refractivity contribution in [3.8, 4) is 0 Å². The van der Waals surface area contributed by atoms with Crippen LogP contribution < -0.4 is 5.32 Å².